The van der Waals surface area contributed by atoms with E-state index in [0.717, 1.165) is 77.0 Å². The van der Waals surface area contributed by atoms with Gasteiger partial charge in [0.1, 0.15) is 0 Å². The maximum absolute atomic E-state index is 12.5. The number of hydrogen-bond donors (Lipinski definition) is 3. The van der Waals surface area contributed by atoms with Crippen molar-refractivity contribution in [3.63, 3.8) is 0 Å². The molecule has 2 unspecified atom stereocenters. The Balaban J connectivity index is 3.49. The van der Waals surface area contributed by atoms with Crippen molar-refractivity contribution in [2.24, 2.45) is 0 Å². The van der Waals surface area contributed by atoms with Gasteiger partial charge in [-0.3, -0.25) is 9.59 Å². The van der Waals surface area contributed by atoms with Gasteiger partial charge in [0.05, 0.1) is 25.4 Å². The van der Waals surface area contributed by atoms with E-state index in [0.29, 0.717) is 25.9 Å². The molecule has 1 amide bonds. The van der Waals surface area contributed by atoms with Crippen LogP contribution in [0.1, 0.15) is 316 Å². The van der Waals surface area contributed by atoms with Crippen LogP contribution in [0.5, 0.6) is 0 Å². The minimum absolute atomic E-state index is 0.0313. The minimum atomic E-state index is -0.682. The highest BCUT2D eigenvalue weighted by atomic mass is 16.5. The number of allylic oxidation sites excluding steroid dienone is 4. The number of carbonyl (C=O) groups is 2. The van der Waals surface area contributed by atoms with E-state index in [1.54, 1.807) is 0 Å². The molecule has 3 N–H and O–H groups in total. The molecule has 6 nitrogen and oxygen atoms in total. The number of carbonyl (C=O) groups excluding carboxylic acids is 2. The number of unbranched alkanes of at least 4 members (excludes halogenated alkanes) is 39. The molecule has 2 atom stereocenters. The first kappa shape index (κ1) is 63.3. The molecule has 0 aromatic carbocycles. The maximum Gasteiger partial charge on any atom is 0.305 e. The van der Waals surface area contributed by atoms with E-state index >= 15 is 0 Å². The quantitative estimate of drug-likeness (QED) is 0.0321. The minimum Gasteiger partial charge on any atom is -0.466 e. The lowest BCUT2D eigenvalue weighted by atomic mass is 10.0. The monoisotopic (exact) mass is 916 g/mol. The van der Waals surface area contributed by atoms with Crippen molar-refractivity contribution in [3.05, 3.63) is 24.3 Å². The van der Waals surface area contributed by atoms with Crippen molar-refractivity contribution in [2.45, 2.75) is 328 Å². The highest BCUT2D eigenvalue weighted by molar-refractivity contribution is 5.76. The van der Waals surface area contributed by atoms with Crippen molar-refractivity contribution in [2.75, 3.05) is 13.2 Å². The topological polar surface area (TPSA) is 95.9 Å². The van der Waals surface area contributed by atoms with Crippen LogP contribution < -0.4 is 5.32 Å². The van der Waals surface area contributed by atoms with Gasteiger partial charge in [0.2, 0.25) is 5.91 Å². The van der Waals surface area contributed by atoms with Crippen LogP contribution in [-0.2, 0) is 14.3 Å². The van der Waals surface area contributed by atoms with Crippen LogP contribution >= 0.6 is 0 Å². The molecular weight excluding hydrogens is 803 g/mol. The molecular formula is C59H113NO5. The van der Waals surface area contributed by atoms with Gasteiger partial charge in [0.25, 0.3) is 0 Å². The Bertz CT molecular complexity index is 1010. The molecule has 0 aromatic rings. The largest absolute Gasteiger partial charge is 0.466 e. The van der Waals surface area contributed by atoms with Crippen molar-refractivity contribution in [1.29, 1.82) is 0 Å². The fourth-order valence-corrected chi connectivity index (χ4v) is 8.98. The number of hydrogen-bond acceptors (Lipinski definition) is 5. The van der Waals surface area contributed by atoms with Crippen LogP contribution in [-0.4, -0.2) is 47.4 Å². The second-order valence-electron chi connectivity index (χ2n) is 20.0. The number of amides is 1. The smallest absolute Gasteiger partial charge is 0.305 e. The van der Waals surface area contributed by atoms with Crippen molar-refractivity contribution in [1.82, 2.24) is 5.32 Å². The van der Waals surface area contributed by atoms with Crippen LogP contribution in [0.15, 0.2) is 24.3 Å². The number of esters is 1. The van der Waals surface area contributed by atoms with Crippen LogP contribution in [0.25, 0.3) is 0 Å². The highest BCUT2D eigenvalue weighted by Crippen LogP contribution is 2.17. The molecule has 0 rings (SSSR count). The summed E-state index contributed by atoms with van der Waals surface area (Å²) in [4.78, 5) is 24.5. The number of ether oxygens (including phenoxy) is 1. The second kappa shape index (κ2) is 54.9. The maximum atomic E-state index is 12.5. The van der Waals surface area contributed by atoms with Gasteiger partial charge in [0.15, 0.2) is 0 Å². The van der Waals surface area contributed by atoms with E-state index in [4.69, 9.17) is 4.74 Å². The van der Waals surface area contributed by atoms with Crippen molar-refractivity contribution < 1.29 is 24.5 Å². The molecule has 0 aliphatic rings. The van der Waals surface area contributed by atoms with E-state index < -0.39 is 12.1 Å². The molecule has 0 saturated carbocycles. The molecule has 65 heavy (non-hydrogen) atoms. The molecule has 384 valence electrons. The molecule has 0 aliphatic carbocycles. The number of rotatable bonds is 54. The molecule has 0 aromatic heterocycles. The van der Waals surface area contributed by atoms with Gasteiger partial charge in [0, 0.05) is 12.8 Å². The van der Waals surface area contributed by atoms with E-state index in [-0.39, 0.29) is 18.5 Å². The van der Waals surface area contributed by atoms with E-state index in [1.807, 2.05) is 0 Å². The number of aliphatic hydroxyl groups is 2. The number of aliphatic hydroxyl groups excluding tert-OH is 2. The van der Waals surface area contributed by atoms with Gasteiger partial charge >= 0.3 is 5.97 Å². The molecule has 0 aliphatic heterocycles. The normalized spacial score (nSPS) is 12.7. The lowest BCUT2D eigenvalue weighted by molar-refractivity contribution is -0.143. The molecule has 0 spiro atoms. The van der Waals surface area contributed by atoms with Gasteiger partial charge < -0.3 is 20.3 Å². The first-order valence-corrected chi connectivity index (χ1v) is 29.1. The third kappa shape index (κ3) is 51.6. The van der Waals surface area contributed by atoms with E-state index in [2.05, 4.69) is 43.5 Å². The standard InChI is InChI=1S/C59H113NO5/c1-3-5-7-9-11-13-15-17-18-19-20-21-22-23-24-25-26-28-31-35-39-43-47-51-57(62)56(55-61)60-58(63)52-48-44-40-36-32-29-30-34-38-42-46-50-54-65-59(64)53-49-45-41-37-33-27-16-14-12-10-8-6-4-2/h14,16,30,34,56-57,61-62H,3-13,15,17-29,31-33,35-55H2,1-2H3,(H,60,63)/b16-14-,34-30-. The molecule has 0 saturated heterocycles. The summed E-state index contributed by atoms with van der Waals surface area (Å²) in [6.07, 6.45) is 66.0. The summed E-state index contributed by atoms with van der Waals surface area (Å²) in [7, 11) is 0. The summed E-state index contributed by atoms with van der Waals surface area (Å²) in [5.41, 5.74) is 0. The Morgan fingerprint density at radius 2 is 0.723 bits per heavy atom. The average molecular weight is 917 g/mol. The fourth-order valence-electron chi connectivity index (χ4n) is 8.98. The van der Waals surface area contributed by atoms with Crippen LogP contribution in [0.3, 0.4) is 0 Å². The molecule has 0 heterocycles. The molecule has 0 radical (unpaired) electrons. The predicted octanol–water partition coefficient (Wildman–Crippen LogP) is 17.9. The lowest BCUT2D eigenvalue weighted by Crippen LogP contribution is -2.45. The summed E-state index contributed by atoms with van der Waals surface area (Å²) in [5.74, 6) is -0.0897. The fraction of sp³-hybridized carbons (Fsp3) is 0.898. The predicted molar refractivity (Wildman–Crippen MR) is 283 cm³/mol. The highest BCUT2D eigenvalue weighted by Gasteiger charge is 2.20. The summed E-state index contributed by atoms with van der Waals surface area (Å²) in [5, 5.41) is 23.3. The zero-order valence-electron chi connectivity index (χ0n) is 43.7. The molecule has 0 fully saturated rings. The lowest BCUT2D eigenvalue weighted by Gasteiger charge is -2.22. The van der Waals surface area contributed by atoms with Crippen LogP contribution in [0.4, 0.5) is 0 Å². The Hall–Kier alpha value is -1.66. The third-order valence-electron chi connectivity index (χ3n) is 13.5. The number of nitrogens with one attached hydrogen (secondary N) is 1. The van der Waals surface area contributed by atoms with Gasteiger partial charge in [-0.05, 0) is 83.5 Å². The van der Waals surface area contributed by atoms with Crippen LogP contribution in [0.2, 0.25) is 0 Å². The summed E-state index contributed by atoms with van der Waals surface area (Å²) in [6, 6.07) is -0.561. The van der Waals surface area contributed by atoms with E-state index in [9.17, 15) is 19.8 Å². The third-order valence-corrected chi connectivity index (χ3v) is 13.5. The van der Waals surface area contributed by atoms with Gasteiger partial charge in [-0.25, -0.2) is 0 Å². The Morgan fingerprint density at radius 3 is 1.11 bits per heavy atom. The summed E-state index contributed by atoms with van der Waals surface area (Å²) < 4.78 is 5.44. The summed E-state index contributed by atoms with van der Waals surface area (Å²) in [6.45, 7) is 4.89. The average Bonchev–Trinajstić information content (AvgIpc) is 3.31. The van der Waals surface area contributed by atoms with Gasteiger partial charge in [-0.15, -0.1) is 0 Å². The van der Waals surface area contributed by atoms with Crippen LogP contribution in [0, 0.1) is 0 Å². The van der Waals surface area contributed by atoms with E-state index in [1.165, 1.54) is 205 Å². The van der Waals surface area contributed by atoms with Gasteiger partial charge in [-0.2, -0.15) is 0 Å². The van der Waals surface area contributed by atoms with Crippen molar-refractivity contribution >= 4 is 11.9 Å². The second-order valence-corrected chi connectivity index (χ2v) is 20.0. The zero-order valence-corrected chi connectivity index (χ0v) is 43.7. The van der Waals surface area contributed by atoms with Crippen molar-refractivity contribution in [3.8, 4) is 0 Å². The molecule has 0 bridgehead atoms. The Morgan fingerprint density at radius 1 is 0.415 bits per heavy atom. The first-order chi connectivity index (χ1) is 32.0. The Labute approximate surface area is 405 Å². The SMILES string of the molecule is CCCCCC/C=C\CCCCCCCC(=O)OCCCCC/C=C\CCCCCCCC(=O)NC(CO)C(O)CCCCCCCCCCCCCCCCCCCCCCCCC. The van der Waals surface area contributed by atoms with Gasteiger partial charge in [-0.1, -0.05) is 244 Å². The molecule has 6 heteroatoms. The first-order valence-electron chi connectivity index (χ1n) is 29.1. The Kier molecular flexibility index (Phi) is 53.5. The summed E-state index contributed by atoms with van der Waals surface area (Å²) >= 11 is 0. The zero-order chi connectivity index (χ0) is 47.2.